The average molecular weight is 476 g/mol. The maximum atomic E-state index is 13.7. The van der Waals surface area contributed by atoms with Gasteiger partial charge in [-0.2, -0.15) is 13.9 Å². The molecule has 8 nitrogen and oxygen atoms in total. The summed E-state index contributed by atoms with van der Waals surface area (Å²) in [6, 6.07) is 10.8. The molecule has 1 aliphatic rings. The number of piperidine rings is 1. The first-order valence-corrected chi connectivity index (χ1v) is 12.4. The highest BCUT2D eigenvalue weighted by Crippen LogP contribution is 2.31. The van der Waals surface area contributed by atoms with Crippen molar-refractivity contribution in [2.45, 2.75) is 30.2 Å². The molecule has 1 fully saturated rings. The fourth-order valence-corrected chi connectivity index (χ4v) is 5.76. The van der Waals surface area contributed by atoms with Crippen molar-refractivity contribution in [1.82, 2.24) is 23.9 Å². The van der Waals surface area contributed by atoms with Crippen molar-refractivity contribution in [1.29, 1.82) is 0 Å². The summed E-state index contributed by atoms with van der Waals surface area (Å²) < 4.78 is 43.0. The monoisotopic (exact) mass is 476 g/mol. The minimum absolute atomic E-state index is 0.0459. The first-order valence-electron chi connectivity index (χ1n) is 10.9. The van der Waals surface area contributed by atoms with E-state index in [1.807, 2.05) is 18.2 Å². The van der Waals surface area contributed by atoms with Gasteiger partial charge in [0.25, 0.3) is 0 Å². The topological polar surface area (TPSA) is 92.5 Å². The van der Waals surface area contributed by atoms with Gasteiger partial charge in [-0.1, -0.05) is 12.1 Å². The number of anilines is 1. The largest absolute Gasteiger partial charge is 0.366 e. The van der Waals surface area contributed by atoms with Crippen molar-refractivity contribution >= 4 is 34.8 Å². The molecule has 1 N–H and O–H groups in total. The fraction of sp³-hybridized carbons (Fsp3) is 0.261. The molecule has 1 saturated heterocycles. The quantitative estimate of drug-likeness (QED) is 0.430. The second kappa shape index (κ2) is 9.15. The van der Waals surface area contributed by atoms with Crippen LogP contribution in [-0.4, -0.2) is 53.2 Å². The van der Waals surface area contributed by atoms with Crippen LogP contribution in [-0.2, 0) is 16.6 Å². The van der Waals surface area contributed by atoms with E-state index in [1.54, 1.807) is 23.1 Å². The maximum Gasteiger partial charge on any atom is 0.243 e. The predicted octanol–water partition coefficient (Wildman–Crippen LogP) is 2.24. The summed E-state index contributed by atoms with van der Waals surface area (Å²) >= 11 is 0. The number of hydrogen-bond acceptors (Lipinski definition) is 6. The standard InChI is InChI=1S/C23H22BFN6O2S/c24-20-14-28-31-22(27-13-16-4-2-8-26-12-16)11-21(29-23(20)31)17-5-3-9-30(15-17)34(32,33)19-7-1-6-18(25)10-19/h1-2,4,6-8,10-12,14,17,27H,3,5,9,13,15H2. The minimum Gasteiger partial charge on any atom is -0.366 e. The summed E-state index contributed by atoms with van der Waals surface area (Å²) in [4.78, 5) is 8.81. The number of hydrogen-bond donors (Lipinski definition) is 1. The number of pyridine rings is 1. The Bertz CT molecular complexity index is 1430. The molecule has 11 heteroatoms. The Morgan fingerprint density at radius 2 is 2.06 bits per heavy atom. The molecule has 0 amide bonds. The average Bonchev–Trinajstić information content (AvgIpc) is 3.24. The van der Waals surface area contributed by atoms with Crippen LogP contribution in [0.4, 0.5) is 10.2 Å². The first-order chi connectivity index (χ1) is 16.4. The van der Waals surface area contributed by atoms with Crippen LogP contribution in [0.2, 0.25) is 0 Å². The third kappa shape index (κ3) is 4.40. The highest BCUT2D eigenvalue weighted by molar-refractivity contribution is 7.89. The van der Waals surface area contributed by atoms with Crippen molar-refractivity contribution in [2.75, 3.05) is 18.4 Å². The van der Waals surface area contributed by atoms with E-state index in [2.05, 4.69) is 15.4 Å². The maximum absolute atomic E-state index is 13.7. The number of fused-ring (bicyclic) bond motifs is 1. The highest BCUT2D eigenvalue weighted by atomic mass is 32.2. The molecule has 1 aliphatic heterocycles. The molecule has 1 aromatic carbocycles. The summed E-state index contributed by atoms with van der Waals surface area (Å²) in [5.41, 5.74) is 2.68. The Morgan fingerprint density at radius 1 is 1.18 bits per heavy atom. The zero-order valence-electron chi connectivity index (χ0n) is 18.3. The fourth-order valence-electron chi connectivity index (χ4n) is 4.21. The van der Waals surface area contributed by atoms with Crippen molar-refractivity contribution in [2.24, 2.45) is 0 Å². The van der Waals surface area contributed by atoms with E-state index in [0.717, 1.165) is 23.7 Å². The predicted molar refractivity (Wildman–Crippen MR) is 127 cm³/mol. The number of aromatic nitrogens is 4. The van der Waals surface area contributed by atoms with E-state index in [1.165, 1.54) is 22.5 Å². The third-order valence-electron chi connectivity index (χ3n) is 5.95. The van der Waals surface area contributed by atoms with E-state index in [-0.39, 0.29) is 17.4 Å². The van der Waals surface area contributed by atoms with Gasteiger partial charge in [-0.05, 0) is 48.1 Å². The summed E-state index contributed by atoms with van der Waals surface area (Å²) in [6.07, 6.45) is 6.48. The number of nitrogens with one attached hydrogen (secondary N) is 1. The van der Waals surface area contributed by atoms with Gasteiger partial charge in [-0.15, -0.1) is 0 Å². The van der Waals surface area contributed by atoms with Crippen molar-refractivity contribution in [3.05, 3.63) is 78.1 Å². The van der Waals surface area contributed by atoms with Crippen LogP contribution in [0.5, 0.6) is 0 Å². The van der Waals surface area contributed by atoms with Gasteiger partial charge in [-0.3, -0.25) is 4.98 Å². The van der Waals surface area contributed by atoms with Gasteiger partial charge < -0.3 is 5.32 Å². The molecular weight excluding hydrogens is 454 g/mol. The van der Waals surface area contributed by atoms with Crippen LogP contribution in [0, 0.1) is 5.82 Å². The molecule has 4 heterocycles. The van der Waals surface area contributed by atoms with Gasteiger partial charge in [0, 0.05) is 50.2 Å². The lowest BCUT2D eigenvalue weighted by Crippen LogP contribution is -2.39. The number of rotatable bonds is 6. The Kier molecular flexibility index (Phi) is 6.05. The van der Waals surface area contributed by atoms with Gasteiger partial charge >= 0.3 is 0 Å². The smallest absolute Gasteiger partial charge is 0.243 e. The summed E-state index contributed by atoms with van der Waals surface area (Å²) in [6.45, 7) is 1.15. The molecule has 0 saturated carbocycles. The molecule has 5 rings (SSSR count). The molecule has 0 aliphatic carbocycles. The molecule has 1 atom stereocenters. The Hall–Kier alpha value is -3.31. The number of nitrogens with zero attached hydrogens (tertiary/aromatic N) is 5. The van der Waals surface area contributed by atoms with E-state index < -0.39 is 15.8 Å². The summed E-state index contributed by atoms with van der Waals surface area (Å²) in [7, 11) is 2.29. The second-order valence-corrected chi connectivity index (χ2v) is 10.2. The van der Waals surface area contributed by atoms with E-state index in [0.29, 0.717) is 36.4 Å². The van der Waals surface area contributed by atoms with E-state index >= 15 is 0 Å². The third-order valence-corrected chi connectivity index (χ3v) is 7.81. The van der Waals surface area contributed by atoms with Crippen molar-refractivity contribution in [3.8, 4) is 0 Å². The van der Waals surface area contributed by atoms with Crippen LogP contribution < -0.4 is 10.8 Å². The number of halogens is 1. The molecule has 34 heavy (non-hydrogen) atoms. The Morgan fingerprint density at radius 3 is 2.85 bits per heavy atom. The molecule has 172 valence electrons. The number of sulfonamides is 1. The lowest BCUT2D eigenvalue weighted by Gasteiger charge is -2.32. The zero-order valence-corrected chi connectivity index (χ0v) is 19.1. The molecular formula is C23H22BFN6O2S. The van der Waals surface area contributed by atoms with E-state index in [9.17, 15) is 12.8 Å². The molecule has 4 aromatic rings. The normalized spacial score (nSPS) is 17.1. The Labute approximate surface area is 198 Å². The van der Waals surface area contributed by atoms with Crippen LogP contribution in [0.25, 0.3) is 5.65 Å². The van der Waals surface area contributed by atoms with Crippen molar-refractivity contribution in [3.63, 3.8) is 0 Å². The van der Waals surface area contributed by atoms with Gasteiger partial charge in [0.1, 0.15) is 19.5 Å². The SMILES string of the molecule is [B]c1cnn2c(NCc3cccnc3)cc(C3CCCN(S(=O)(=O)c4cccc(F)c4)C3)nc12. The zero-order chi connectivity index (χ0) is 23.7. The Balaban J connectivity index is 1.44. The molecule has 0 bridgehead atoms. The summed E-state index contributed by atoms with van der Waals surface area (Å²) in [5.74, 6) is -0.0247. The van der Waals surface area contributed by atoms with Crippen LogP contribution in [0.1, 0.15) is 30.0 Å². The molecule has 3 aromatic heterocycles. The van der Waals surface area contributed by atoms with E-state index in [4.69, 9.17) is 12.8 Å². The minimum atomic E-state index is -3.82. The summed E-state index contributed by atoms with van der Waals surface area (Å²) in [5, 5.41) is 7.69. The molecule has 0 spiro atoms. The lowest BCUT2D eigenvalue weighted by molar-refractivity contribution is 0.312. The van der Waals surface area contributed by atoms with Gasteiger partial charge in [0.15, 0.2) is 5.65 Å². The number of benzene rings is 1. The molecule has 1 unspecified atom stereocenters. The van der Waals surface area contributed by atoms with Crippen LogP contribution >= 0.6 is 0 Å². The van der Waals surface area contributed by atoms with Crippen LogP contribution in [0.3, 0.4) is 0 Å². The van der Waals surface area contributed by atoms with Gasteiger partial charge in [0.05, 0.1) is 10.6 Å². The van der Waals surface area contributed by atoms with Crippen LogP contribution in [0.15, 0.2) is 66.0 Å². The van der Waals surface area contributed by atoms with Gasteiger partial charge in [-0.25, -0.2) is 17.8 Å². The second-order valence-electron chi connectivity index (χ2n) is 8.28. The van der Waals surface area contributed by atoms with Crippen molar-refractivity contribution < 1.29 is 12.8 Å². The highest BCUT2D eigenvalue weighted by Gasteiger charge is 2.32. The first kappa shape index (κ1) is 22.5. The lowest BCUT2D eigenvalue weighted by atomic mass is 9.95. The molecule has 2 radical (unpaired) electrons. The van der Waals surface area contributed by atoms with Gasteiger partial charge in [0.2, 0.25) is 10.0 Å².